The highest BCUT2D eigenvalue weighted by molar-refractivity contribution is 7.98. The van der Waals surface area contributed by atoms with Crippen LogP contribution in [0, 0.1) is 5.92 Å². The van der Waals surface area contributed by atoms with E-state index in [-0.39, 0.29) is 6.04 Å². The van der Waals surface area contributed by atoms with Crippen molar-refractivity contribution in [1.29, 1.82) is 0 Å². The number of carbonyl (C=O) groups is 2. The summed E-state index contributed by atoms with van der Waals surface area (Å²) in [5.41, 5.74) is 2.71. The van der Waals surface area contributed by atoms with Crippen molar-refractivity contribution in [2.24, 2.45) is 5.92 Å². The Morgan fingerprint density at radius 3 is 2.64 bits per heavy atom. The molecule has 2 aliphatic rings. The number of rotatable bonds is 3. The summed E-state index contributed by atoms with van der Waals surface area (Å²) in [6.07, 6.45) is 4.28. The molecule has 8 heteroatoms. The van der Waals surface area contributed by atoms with E-state index in [2.05, 4.69) is 22.7 Å². The zero-order valence-electron chi connectivity index (χ0n) is 15.7. The molecule has 2 amide bonds. The Balaban J connectivity index is 1.54. The quantitative estimate of drug-likeness (QED) is 0.741. The van der Waals surface area contributed by atoms with Crippen LogP contribution in [0.2, 0.25) is 5.02 Å². The van der Waals surface area contributed by atoms with E-state index in [1.807, 2.05) is 12.1 Å². The fourth-order valence-electron chi connectivity index (χ4n) is 3.84. The first-order valence-corrected chi connectivity index (χ1v) is 11.1. The van der Waals surface area contributed by atoms with Crippen molar-refractivity contribution in [2.75, 3.05) is 5.32 Å². The molecular formula is C20H23ClN4O2S. The highest BCUT2D eigenvalue weighted by Crippen LogP contribution is 2.36. The molecule has 2 atom stereocenters. The van der Waals surface area contributed by atoms with Gasteiger partial charge in [-0.05, 0) is 43.0 Å². The smallest absolute Gasteiger partial charge is 0.314 e. The number of carbonyl (C=O) groups excluding carboxylic acids is 2. The Morgan fingerprint density at radius 2 is 1.89 bits per heavy atom. The third-order valence-electron chi connectivity index (χ3n) is 5.49. The van der Waals surface area contributed by atoms with Gasteiger partial charge in [-0.2, -0.15) is 16.9 Å². The molecule has 0 unspecified atom stereocenters. The number of aromatic nitrogens is 2. The molecule has 1 aliphatic carbocycles. The molecule has 0 radical (unpaired) electrons. The van der Waals surface area contributed by atoms with Crippen LogP contribution in [0.5, 0.6) is 0 Å². The van der Waals surface area contributed by atoms with Gasteiger partial charge in [-0.25, -0.2) is 4.68 Å². The number of hydrogen-bond acceptors (Lipinski definition) is 4. The van der Waals surface area contributed by atoms with Gasteiger partial charge in [0.15, 0.2) is 0 Å². The number of nitrogens with one attached hydrogen (secondary N) is 2. The molecule has 0 bridgehead atoms. The van der Waals surface area contributed by atoms with Crippen LogP contribution in [0.4, 0.5) is 5.82 Å². The van der Waals surface area contributed by atoms with Gasteiger partial charge in [0, 0.05) is 28.1 Å². The van der Waals surface area contributed by atoms with E-state index < -0.39 is 11.8 Å². The number of nitrogens with zero attached hydrogens (tertiary/aromatic N) is 2. The number of hydrogen-bond donors (Lipinski definition) is 2. The zero-order chi connectivity index (χ0) is 19.7. The number of benzene rings is 1. The summed E-state index contributed by atoms with van der Waals surface area (Å²) in [5.74, 6) is 1.30. The number of thioether (sulfide) groups is 1. The van der Waals surface area contributed by atoms with E-state index in [0.29, 0.717) is 16.8 Å². The standard InChI is InChI=1S/C20H23ClN4O2S/c1-12-4-2-3-5-16(12)22-19(26)20(27)23-18-15-10-28-11-17(15)24-25(18)14-8-6-13(21)7-9-14/h6-9,12,16H,2-5,10-11H2,1H3,(H,22,26)(H,23,27)/t12-,16+/m0/s1. The average molecular weight is 419 g/mol. The Morgan fingerprint density at radius 1 is 1.14 bits per heavy atom. The van der Waals surface area contributed by atoms with E-state index in [1.54, 1.807) is 28.6 Å². The van der Waals surface area contributed by atoms with Crippen molar-refractivity contribution < 1.29 is 9.59 Å². The topological polar surface area (TPSA) is 76.0 Å². The lowest BCUT2D eigenvalue weighted by Crippen LogP contribution is -2.46. The molecule has 4 rings (SSSR count). The number of anilines is 1. The molecule has 1 saturated carbocycles. The first-order valence-electron chi connectivity index (χ1n) is 9.59. The van der Waals surface area contributed by atoms with Crippen LogP contribution >= 0.6 is 23.4 Å². The maximum Gasteiger partial charge on any atom is 0.314 e. The van der Waals surface area contributed by atoms with Crippen LogP contribution in [-0.4, -0.2) is 27.6 Å². The maximum absolute atomic E-state index is 12.6. The van der Waals surface area contributed by atoms with Crippen LogP contribution in [0.1, 0.15) is 43.9 Å². The SMILES string of the molecule is C[C@H]1CCCC[C@H]1NC(=O)C(=O)Nc1c2c(nn1-c1ccc(Cl)cc1)CSC2. The van der Waals surface area contributed by atoms with Gasteiger partial charge in [0.25, 0.3) is 0 Å². The molecule has 148 valence electrons. The summed E-state index contributed by atoms with van der Waals surface area (Å²) in [6, 6.07) is 7.31. The van der Waals surface area contributed by atoms with Gasteiger partial charge in [0.2, 0.25) is 0 Å². The summed E-state index contributed by atoms with van der Waals surface area (Å²) in [6.45, 7) is 2.13. The number of halogens is 1. The highest BCUT2D eigenvalue weighted by Gasteiger charge is 2.29. The van der Waals surface area contributed by atoms with Gasteiger partial charge < -0.3 is 10.6 Å². The minimum atomic E-state index is -0.646. The second-order valence-electron chi connectivity index (χ2n) is 7.45. The van der Waals surface area contributed by atoms with E-state index in [1.165, 1.54) is 6.42 Å². The van der Waals surface area contributed by atoms with Crippen LogP contribution in [0.3, 0.4) is 0 Å². The summed E-state index contributed by atoms with van der Waals surface area (Å²) in [4.78, 5) is 25.1. The molecule has 2 N–H and O–H groups in total. The van der Waals surface area contributed by atoms with Crippen LogP contribution in [-0.2, 0) is 21.1 Å². The molecule has 1 fully saturated rings. The molecule has 6 nitrogen and oxygen atoms in total. The largest absolute Gasteiger partial charge is 0.345 e. The van der Waals surface area contributed by atoms with Gasteiger partial charge in [0.1, 0.15) is 5.82 Å². The van der Waals surface area contributed by atoms with Crippen molar-refractivity contribution in [2.45, 2.75) is 50.2 Å². The third-order valence-corrected chi connectivity index (χ3v) is 6.71. The number of fused-ring (bicyclic) bond motifs is 1. The minimum absolute atomic E-state index is 0.0643. The molecule has 0 saturated heterocycles. The molecular weight excluding hydrogens is 396 g/mol. The lowest BCUT2D eigenvalue weighted by Gasteiger charge is -2.29. The highest BCUT2D eigenvalue weighted by atomic mass is 35.5. The monoisotopic (exact) mass is 418 g/mol. The van der Waals surface area contributed by atoms with Crippen molar-refractivity contribution in [1.82, 2.24) is 15.1 Å². The molecule has 28 heavy (non-hydrogen) atoms. The van der Waals surface area contributed by atoms with Gasteiger partial charge in [-0.1, -0.05) is 31.4 Å². The molecule has 2 heterocycles. The zero-order valence-corrected chi connectivity index (χ0v) is 17.3. The molecule has 1 aromatic carbocycles. The normalized spacial score (nSPS) is 21.2. The van der Waals surface area contributed by atoms with Crippen molar-refractivity contribution >= 4 is 41.0 Å². The van der Waals surface area contributed by atoms with Gasteiger partial charge in [-0.3, -0.25) is 9.59 Å². The summed E-state index contributed by atoms with van der Waals surface area (Å²) < 4.78 is 1.69. The van der Waals surface area contributed by atoms with Gasteiger partial charge in [0.05, 0.1) is 11.4 Å². The predicted molar refractivity (Wildman–Crippen MR) is 112 cm³/mol. The molecule has 1 aromatic heterocycles. The second-order valence-corrected chi connectivity index (χ2v) is 8.87. The fourth-order valence-corrected chi connectivity index (χ4v) is 5.00. The van der Waals surface area contributed by atoms with Crippen LogP contribution in [0.15, 0.2) is 24.3 Å². The van der Waals surface area contributed by atoms with Crippen LogP contribution in [0.25, 0.3) is 5.69 Å². The summed E-state index contributed by atoms with van der Waals surface area (Å²) in [7, 11) is 0. The fraction of sp³-hybridized carbons (Fsp3) is 0.450. The third kappa shape index (κ3) is 3.91. The van der Waals surface area contributed by atoms with Crippen molar-refractivity contribution in [3.8, 4) is 5.69 Å². The summed E-state index contributed by atoms with van der Waals surface area (Å²) in [5, 5.41) is 11.0. The first-order chi connectivity index (χ1) is 13.5. The Kier molecular flexibility index (Phi) is 5.64. The minimum Gasteiger partial charge on any atom is -0.345 e. The van der Waals surface area contributed by atoms with Crippen molar-refractivity contribution in [3.05, 3.63) is 40.5 Å². The van der Waals surface area contributed by atoms with E-state index in [9.17, 15) is 9.59 Å². The Hall–Kier alpha value is -1.99. The van der Waals surface area contributed by atoms with E-state index in [0.717, 1.165) is 47.7 Å². The molecule has 1 aliphatic heterocycles. The maximum atomic E-state index is 12.6. The Labute approximate surface area is 173 Å². The molecule has 0 spiro atoms. The second kappa shape index (κ2) is 8.17. The van der Waals surface area contributed by atoms with Gasteiger partial charge in [-0.15, -0.1) is 0 Å². The first kappa shape index (κ1) is 19.3. The van der Waals surface area contributed by atoms with Crippen LogP contribution < -0.4 is 10.6 Å². The lowest BCUT2D eigenvalue weighted by molar-refractivity contribution is -0.137. The predicted octanol–water partition coefficient (Wildman–Crippen LogP) is 3.91. The van der Waals surface area contributed by atoms with E-state index in [4.69, 9.17) is 11.6 Å². The summed E-state index contributed by atoms with van der Waals surface area (Å²) >= 11 is 7.73. The lowest BCUT2D eigenvalue weighted by atomic mass is 9.86. The van der Waals surface area contributed by atoms with Crippen molar-refractivity contribution in [3.63, 3.8) is 0 Å². The van der Waals surface area contributed by atoms with Gasteiger partial charge >= 0.3 is 11.8 Å². The van der Waals surface area contributed by atoms with E-state index >= 15 is 0 Å². The average Bonchev–Trinajstić information content (AvgIpc) is 3.27. The molecule has 2 aromatic rings. The Bertz CT molecular complexity index is 896. The number of amides is 2.